The van der Waals surface area contributed by atoms with Crippen molar-refractivity contribution in [2.24, 2.45) is 5.92 Å². The van der Waals surface area contributed by atoms with Gasteiger partial charge in [-0.05, 0) is 73.9 Å². The zero-order chi connectivity index (χ0) is 22.8. The molecule has 0 saturated carbocycles. The summed E-state index contributed by atoms with van der Waals surface area (Å²) in [5.41, 5.74) is 3.94. The zero-order valence-corrected chi connectivity index (χ0v) is 19.4. The van der Waals surface area contributed by atoms with E-state index in [4.69, 9.17) is 4.74 Å². The van der Waals surface area contributed by atoms with Gasteiger partial charge in [-0.1, -0.05) is 26.8 Å². The standard InChI is InChI=1S/C25H33N3O3/c1-16(2)9-18-10-21(13-26-12-18)27-23(29)19-7-8-22-17(3)14-28(15-20(22)11-19)24(30)31-25(4,5)6/h7-8,10-13,16-17H,9,14-15H2,1-6H3,(H,27,29). The van der Waals surface area contributed by atoms with E-state index in [0.717, 1.165) is 23.1 Å². The highest BCUT2D eigenvalue weighted by molar-refractivity contribution is 6.04. The molecular weight excluding hydrogens is 390 g/mol. The van der Waals surface area contributed by atoms with Crippen molar-refractivity contribution >= 4 is 17.7 Å². The van der Waals surface area contributed by atoms with Gasteiger partial charge in [0.1, 0.15) is 5.60 Å². The molecular formula is C25H33N3O3. The molecule has 2 amide bonds. The van der Waals surface area contributed by atoms with Crippen molar-refractivity contribution in [2.75, 3.05) is 11.9 Å². The molecule has 6 heteroatoms. The molecule has 1 aromatic carbocycles. The number of carbonyl (C=O) groups excluding carboxylic acids is 2. The summed E-state index contributed by atoms with van der Waals surface area (Å²) >= 11 is 0. The van der Waals surface area contributed by atoms with Crippen molar-refractivity contribution in [1.29, 1.82) is 0 Å². The third-order valence-electron chi connectivity index (χ3n) is 5.14. The number of nitrogens with zero attached hydrogens (tertiary/aromatic N) is 2. The summed E-state index contributed by atoms with van der Waals surface area (Å²) in [7, 11) is 0. The Morgan fingerprint density at radius 2 is 1.97 bits per heavy atom. The lowest BCUT2D eigenvalue weighted by Crippen LogP contribution is -2.41. The van der Waals surface area contributed by atoms with Crippen molar-refractivity contribution < 1.29 is 14.3 Å². The number of hydrogen-bond acceptors (Lipinski definition) is 4. The van der Waals surface area contributed by atoms with Crippen molar-refractivity contribution in [1.82, 2.24) is 9.88 Å². The molecule has 3 rings (SSSR count). The van der Waals surface area contributed by atoms with Gasteiger partial charge in [-0.2, -0.15) is 0 Å². The van der Waals surface area contributed by atoms with Crippen LogP contribution in [0, 0.1) is 5.92 Å². The summed E-state index contributed by atoms with van der Waals surface area (Å²) in [6, 6.07) is 7.69. The summed E-state index contributed by atoms with van der Waals surface area (Å²) in [6.45, 7) is 13.0. The smallest absolute Gasteiger partial charge is 0.410 e. The van der Waals surface area contributed by atoms with Gasteiger partial charge in [0, 0.05) is 24.8 Å². The lowest BCUT2D eigenvalue weighted by molar-refractivity contribution is 0.0209. The molecule has 0 saturated heterocycles. The SMILES string of the molecule is CC(C)Cc1cncc(NC(=O)c2ccc3c(c2)CN(C(=O)OC(C)(C)C)CC3C)c1. The fourth-order valence-electron chi connectivity index (χ4n) is 3.87. The summed E-state index contributed by atoms with van der Waals surface area (Å²) in [6.07, 6.45) is 4.08. The Bertz CT molecular complexity index is 963. The lowest BCUT2D eigenvalue weighted by atomic mass is 9.90. The minimum atomic E-state index is -0.541. The highest BCUT2D eigenvalue weighted by atomic mass is 16.6. The molecule has 6 nitrogen and oxygen atoms in total. The normalized spacial score (nSPS) is 16.1. The first kappa shape index (κ1) is 22.8. The largest absolute Gasteiger partial charge is 0.444 e. The monoisotopic (exact) mass is 423 g/mol. The fourth-order valence-corrected chi connectivity index (χ4v) is 3.87. The molecule has 1 N–H and O–H groups in total. The van der Waals surface area contributed by atoms with E-state index >= 15 is 0 Å². The number of carbonyl (C=O) groups is 2. The fraction of sp³-hybridized carbons (Fsp3) is 0.480. The highest BCUT2D eigenvalue weighted by Gasteiger charge is 2.29. The van der Waals surface area contributed by atoms with Gasteiger partial charge in [-0.15, -0.1) is 0 Å². The van der Waals surface area contributed by atoms with Crippen LogP contribution in [0.3, 0.4) is 0 Å². The Labute approximate surface area is 185 Å². The van der Waals surface area contributed by atoms with Crippen LogP contribution in [0.5, 0.6) is 0 Å². The number of nitrogens with one attached hydrogen (secondary N) is 1. The van der Waals surface area contributed by atoms with E-state index in [0.29, 0.717) is 30.3 Å². The van der Waals surface area contributed by atoms with Gasteiger partial charge in [0.15, 0.2) is 0 Å². The molecule has 0 bridgehead atoms. The molecule has 0 fully saturated rings. The average molecular weight is 424 g/mol. The van der Waals surface area contributed by atoms with Crippen LogP contribution in [0.25, 0.3) is 0 Å². The summed E-state index contributed by atoms with van der Waals surface area (Å²) in [5, 5.41) is 2.95. The molecule has 1 aliphatic heterocycles. The first-order valence-electron chi connectivity index (χ1n) is 10.9. The van der Waals surface area contributed by atoms with E-state index in [-0.39, 0.29) is 17.9 Å². The van der Waals surface area contributed by atoms with Crippen molar-refractivity contribution in [3.05, 3.63) is 58.9 Å². The maximum atomic E-state index is 12.9. The van der Waals surface area contributed by atoms with Gasteiger partial charge in [0.05, 0.1) is 11.9 Å². The predicted octanol–water partition coefficient (Wildman–Crippen LogP) is 5.39. The summed E-state index contributed by atoms with van der Waals surface area (Å²) in [4.78, 5) is 31.4. The quantitative estimate of drug-likeness (QED) is 0.716. The van der Waals surface area contributed by atoms with Crippen LogP contribution in [0.4, 0.5) is 10.5 Å². The number of pyridine rings is 1. The number of ether oxygens (including phenoxy) is 1. The molecule has 1 aromatic heterocycles. The van der Waals surface area contributed by atoms with Crippen molar-refractivity contribution in [2.45, 2.75) is 66.0 Å². The molecule has 1 atom stereocenters. The Balaban J connectivity index is 1.76. The van der Waals surface area contributed by atoms with E-state index in [1.165, 1.54) is 0 Å². The number of amides is 2. The Hall–Kier alpha value is -2.89. The molecule has 1 unspecified atom stereocenters. The molecule has 2 aromatic rings. The molecule has 1 aliphatic rings. The van der Waals surface area contributed by atoms with Crippen LogP contribution in [0.15, 0.2) is 36.7 Å². The first-order valence-corrected chi connectivity index (χ1v) is 10.9. The van der Waals surface area contributed by atoms with Gasteiger partial charge >= 0.3 is 6.09 Å². The second-order valence-corrected chi connectivity index (χ2v) is 9.81. The molecule has 31 heavy (non-hydrogen) atoms. The number of rotatable bonds is 4. The number of aromatic nitrogens is 1. The van der Waals surface area contributed by atoms with Crippen LogP contribution in [-0.4, -0.2) is 34.0 Å². The van der Waals surface area contributed by atoms with Crippen LogP contribution >= 0.6 is 0 Å². The second kappa shape index (κ2) is 9.08. The molecule has 0 radical (unpaired) electrons. The van der Waals surface area contributed by atoms with Crippen LogP contribution < -0.4 is 5.32 Å². The number of anilines is 1. The van der Waals surface area contributed by atoms with E-state index in [2.05, 4.69) is 31.1 Å². The Kier molecular flexibility index (Phi) is 6.68. The average Bonchev–Trinajstić information content (AvgIpc) is 2.66. The van der Waals surface area contributed by atoms with Gasteiger partial charge in [-0.3, -0.25) is 9.78 Å². The van der Waals surface area contributed by atoms with Crippen molar-refractivity contribution in [3.63, 3.8) is 0 Å². The van der Waals surface area contributed by atoms with E-state index in [1.807, 2.05) is 51.2 Å². The van der Waals surface area contributed by atoms with E-state index in [9.17, 15) is 9.59 Å². The highest BCUT2D eigenvalue weighted by Crippen LogP contribution is 2.30. The second-order valence-electron chi connectivity index (χ2n) is 9.81. The molecule has 166 valence electrons. The lowest BCUT2D eigenvalue weighted by Gasteiger charge is -2.34. The van der Waals surface area contributed by atoms with Crippen molar-refractivity contribution in [3.8, 4) is 0 Å². The minimum Gasteiger partial charge on any atom is -0.444 e. The van der Waals surface area contributed by atoms with Crippen LogP contribution in [0.1, 0.15) is 74.5 Å². The Morgan fingerprint density at radius 3 is 2.65 bits per heavy atom. The molecule has 0 aliphatic carbocycles. The number of benzene rings is 1. The third kappa shape index (κ3) is 6.06. The third-order valence-corrected chi connectivity index (χ3v) is 5.14. The Morgan fingerprint density at radius 1 is 1.23 bits per heavy atom. The summed E-state index contributed by atoms with van der Waals surface area (Å²) in [5.74, 6) is 0.502. The first-order chi connectivity index (χ1) is 14.5. The zero-order valence-electron chi connectivity index (χ0n) is 19.4. The van der Waals surface area contributed by atoms with Gasteiger partial charge in [-0.25, -0.2) is 4.79 Å². The topological polar surface area (TPSA) is 71.5 Å². The predicted molar refractivity (Wildman–Crippen MR) is 122 cm³/mol. The molecule has 2 heterocycles. The van der Waals surface area contributed by atoms with Crippen LogP contribution in [0.2, 0.25) is 0 Å². The minimum absolute atomic E-state index is 0.172. The van der Waals surface area contributed by atoms with E-state index < -0.39 is 5.60 Å². The van der Waals surface area contributed by atoms with Gasteiger partial charge < -0.3 is 15.0 Å². The van der Waals surface area contributed by atoms with Crippen LogP contribution in [-0.2, 0) is 17.7 Å². The maximum Gasteiger partial charge on any atom is 0.410 e. The van der Waals surface area contributed by atoms with Gasteiger partial charge in [0.2, 0.25) is 0 Å². The summed E-state index contributed by atoms with van der Waals surface area (Å²) < 4.78 is 5.54. The van der Waals surface area contributed by atoms with Gasteiger partial charge in [0.25, 0.3) is 5.91 Å². The number of fused-ring (bicyclic) bond motifs is 1. The molecule has 0 spiro atoms. The number of hydrogen-bond donors (Lipinski definition) is 1. The maximum absolute atomic E-state index is 12.9. The van der Waals surface area contributed by atoms with E-state index in [1.54, 1.807) is 11.1 Å².